The maximum absolute atomic E-state index is 12.7. The van der Waals surface area contributed by atoms with Crippen molar-refractivity contribution in [2.24, 2.45) is 0 Å². The van der Waals surface area contributed by atoms with E-state index in [1.54, 1.807) is 0 Å². The molecule has 2 aromatic carbocycles. The van der Waals surface area contributed by atoms with Crippen molar-refractivity contribution < 1.29 is 4.79 Å². The second kappa shape index (κ2) is 4.71. The highest BCUT2D eigenvalue weighted by molar-refractivity contribution is 5.99. The summed E-state index contributed by atoms with van der Waals surface area (Å²) < 4.78 is 0. The first-order chi connectivity index (χ1) is 10.2. The summed E-state index contributed by atoms with van der Waals surface area (Å²) in [6, 6.07) is 16.7. The number of anilines is 1. The number of hydrogen-bond donors (Lipinski definition) is 0. The van der Waals surface area contributed by atoms with Gasteiger partial charge in [0.2, 0.25) is 5.91 Å². The SMILES string of the molecule is Cc1ccc(N2CN3Cc4ccccc4C[C@H]3C2=O)cc1. The molecule has 0 aliphatic carbocycles. The van der Waals surface area contributed by atoms with Crippen molar-refractivity contribution in [2.75, 3.05) is 11.6 Å². The van der Waals surface area contributed by atoms with E-state index in [2.05, 4.69) is 48.2 Å². The van der Waals surface area contributed by atoms with Crippen LogP contribution in [-0.2, 0) is 17.8 Å². The van der Waals surface area contributed by atoms with E-state index in [9.17, 15) is 4.79 Å². The summed E-state index contributed by atoms with van der Waals surface area (Å²) in [5.74, 6) is 0.230. The van der Waals surface area contributed by atoms with Crippen molar-refractivity contribution in [2.45, 2.75) is 25.9 Å². The molecule has 0 aromatic heterocycles. The van der Waals surface area contributed by atoms with E-state index in [1.807, 2.05) is 17.0 Å². The van der Waals surface area contributed by atoms with Gasteiger partial charge in [0, 0.05) is 12.2 Å². The number of aryl methyl sites for hydroxylation is 1. The predicted octanol–water partition coefficient (Wildman–Crippen LogP) is 2.73. The maximum atomic E-state index is 12.7. The highest BCUT2D eigenvalue weighted by Gasteiger charge is 2.41. The number of benzene rings is 2. The maximum Gasteiger partial charge on any atom is 0.245 e. The zero-order valence-electron chi connectivity index (χ0n) is 12.1. The number of rotatable bonds is 1. The Morgan fingerprint density at radius 3 is 2.48 bits per heavy atom. The van der Waals surface area contributed by atoms with Crippen LogP contribution >= 0.6 is 0 Å². The van der Waals surface area contributed by atoms with Crippen LogP contribution in [0.3, 0.4) is 0 Å². The van der Waals surface area contributed by atoms with Crippen molar-refractivity contribution in [3.05, 3.63) is 65.2 Å². The normalized spacial score (nSPS) is 21.3. The van der Waals surface area contributed by atoms with Gasteiger partial charge in [-0.15, -0.1) is 0 Å². The Morgan fingerprint density at radius 2 is 1.71 bits per heavy atom. The zero-order chi connectivity index (χ0) is 14.4. The molecule has 2 aliphatic rings. The third kappa shape index (κ3) is 2.05. The van der Waals surface area contributed by atoms with Gasteiger partial charge in [-0.25, -0.2) is 0 Å². The molecular weight excluding hydrogens is 260 g/mol. The van der Waals surface area contributed by atoms with Gasteiger partial charge < -0.3 is 0 Å². The van der Waals surface area contributed by atoms with Gasteiger partial charge in [0.1, 0.15) is 0 Å². The van der Waals surface area contributed by atoms with Gasteiger partial charge in [-0.3, -0.25) is 14.6 Å². The molecule has 2 aliphatic heterocycles. The molecule has 3 heteroatoms. The van der Waals surface area contributed by atoms with Crippen LogP contribution in [0.4, 0.5) is 5.69 Å². The summed E-state index contributed by atoms with van der Waals surface area (Å²) in [6.07, 6.45) is 0.831. The van der Waals surface area contributed by atoms with Gasteiger partial charge in [-0.1, -0.05) is 42.0 Å². The highest BCUT2D eigenvalue weighted by Crippen LogP contribution is 2.31. The van der Waals surface area contributed by atoms with E-state index >= 15 is 0 Å². The van der Waals surface area contributed by atoms with E-state index in [1.165, 1.54) is 16.7 Å². The van der Waals surface area contributed by atoms with Crippen molar-refractivity contribution in [3.63, 3.8) is 0 Å². The first-order valence-corrected chi connectivity index (χ1v) is 7.41. The molecule has 2 aromatic rings. The van der Waals surface area contributed by atoms with Gasteiger partial charge in [0.25, 0.3) is 0 Å². The van der Waals surface area contributed by atoms with Crippen LogP contribution in [-0.4, -0.2) is 23.5 Å². The van der Waals surface area contributed by atoms with E-state index < -0.39 is 0 Å². The lowest BCUT2D eigenvalue weighted by molar-refractivity contribution is -0.119. The number of fused-ring (bicyclic) bond motifs is 2. The number of carbonyl (C=O) groups is 1. The van der Waals surface area contributed by atoms with Crippen molar-refractivity contribution in [1.29, 1.82) is 0 Å². The molecule has 0 saturated carbocycles. The summed E-state index contributed by atoms with van der Waals surface area (Å²) in [7, 11) is 0. The zero-order valence-corrected chi connectivity index (χ0v) is 12.1. The largest absolute Gasteiger partial charge is 0.298 e. The highest BCUT2D eigenvalue weighted by atomic mass is 16.2. The van der Waals surface area contributed by atoms with Crippen LogP contribution in [0.1, 0.15) is 16.7 Å². The Kier molecular flexibility index (Phi) is 2.82. The lowest BCUT2D eigenvalue weighted by Gasteiger charge is -2.28. The molecule has 0 bridgehead atoms. The van der Waals surface area contributed by atoms with Crippen LogP contribution in [0.2, 0.25) is 0 Å². The van der Waals surface area contributed by atoms with Crippen LogP contribution in [0.25, 0.3) is 0 Å². The first-order valence-electron chi connectivity index (χ1n) is 7.41. The molecule has 1 saturated heterocycles. The molecule has 0 unspecified atom stereocenters. The molecule has 3 nitrogen and oxygen atoms in total. The fraction of sp³-hybridized carbons (Fsp3) is 0.278. The molecule has 0 spiro atoms. The minimum absolute atomic E-state index is 0.00111. The molecule has 1 amide bonds. The minimum Gasteiger partial charge on any atom is -0.298 e. The molecule has 21 heavy (non-hydrogen) atoms. The average molecular weight is 278 g/mol. The van der Waals surface area contributed by atoms with Crippen LogP contribution < -0.4 is 4.90 Å². The fourth-order valence-corrected chi connectivity index (χ4v) is 3.33. The van der Waals surface area contributed by atoms with Crippen molar-refractivity contribution in [1.82, 2.24) is 4.90 Å². The summed E-state index contributed by atoms with van der Waals surface area (Å²) in [5.41, 5.74) is 4.89. The van der Waals surface area contributed by atoms with Crippen LogP contribution in [0.5, 0.6) is 0 Å². The summed E-state index contributed by atoms with van der Waals surface area (Å²) in [4.78, 5) is 16.9. The van der Waals surface area contributed by atoms with Gasteiger partial charge in [0.05, 0.1) is 12.7 Å². The van der Waals surface area contributed by atoms with Gasteiger partial charge in [0.15, 0.2) is 0 Å². The topological polar surface area (TPSA) is 23.6 Å². The summed E-state index contributed by atoms with van der Waals surface area (Å²) in [6.45, 7) is 3.63. The Hall–Kier alpha value is -2.13. The average Bonchev–Trinajstić information content (AvgIpc) is 2.82. The second-order valence-electron chi connectivity index (χ2n) is 5.98. The molecule has 0 N–H and O–H groups in total. The standard InChI is InChI=1S/C18H18N2O/c1-13-6-8-16(9-7-13)20-12-19-11-15-5-3-2-4-14(15)10-17(19)18(20)21/h2-9,17H,10-12H2,1H3/t17-/m0/s1. The van der Waals surface area contributed by atoms with Gasteiger partial charge in [-0.2, -0.15) is 0 Å². The van der Waals surface area contributed by atoms with Gasteiger partial charge in [-0.05, 0) is 36.6 Å². The monoisotopic (exact) mass is 278 g/mol. The van der Waals surface area contributed by atoms with Crippen molar-refractivity contribution in [3.8, 4) is 0 Å². The Bertz CT molecular complexity index is 693. The number of nitrogens with zero attached hydrogens (tertiary/aromatic N) is 2. The fourth-order valence-electron chi connectivity index (χ4n) is 3.33. The lowest BCUT2D eigenvalue weighted by atomic mass is 9.95. The number of amides is 1. The Morgan fingerprint density at radius 1 is 1.00 bits per heavy atom. The Labute approximate surface area is 124 Å². The third-order valence-corrected chi connectivity index (χ3v) is 4.57. The lowest BCUT2D eigenvalue weighted by Crippen LogP contribution is -2.38. The second-order valence-corrected chi connectivity index (χ2v) is 5.98. The Balaban J connectivity index is 1.64. The van der Waals surface area contributed by atoms with E-state index in [0.717, 1.165) is 18.7 Å². The molecular formula is C18H18N2O. The minimum atomic E-state index is 0.00111. The quantitative estimate of drug-likeness (QED) is 0.801. The predicted molar refractivity (Wildman–Crippen MR) is 83.0 cm³/mol. The molecule has 2 heterocycles. The van der Waals surface area contributed by atoms with Crippen LogP contribution in [0, 0.1) is 6.92 Å². The van der Waals surface area contributed by atoms with E-state index in [-0.39, 0.29) is 11.9 Å². The summed E-state index contributed by atoms with van der Waals surface area (Å²) in [5, 5.41) is 0. The van der Waals surface area contributed by atoms with E-state index in [0.29, 0.717) is 6.67 Å². The molecule has 1 fully saturated rings. The molecule has 106 valence electrons. The number of carbonyl (C=O) groups excluding carboxylic acids is 1. The smallest absolute Gasteiger partial charge is 0.245 e. The molecule has 4 rings (SSSR count). The number of hydrogen-bond acceptors (Lipinski definition) is 2. The summed E-state index contributed by atoms with van der Waals surface area (Å²) >= 11 is 0. The van der Waals surface area contributed by atoms with Gasteiger partial charge >= 0.3 is 0 Å². The van der Waals surface area contributed by atoms with Crippen molar-refractivity contribution >= 4 is 11.6 Å². The molecule has 0 radical (unpaired) electrons. The van der Waals surface area contributed by atoms with Crippen LogP contribution in [0.15, 0.2) is 48.5 Å². The third-order valence-electron chi connectivity index (χ3n) is 4.57. The van der Waals surface area contributed by atoms with E-state index in [4.69, 9.17) is 0 Å². The molecule has 1 atom stereocenters. The first kappa shape index (κ1) is 12.6.